The van der Waals surface area contributed by atoms with Gasteiger partial charge in [0, 0.05) is 12.8 Å². The van der Waals surface area contributed by atoms with Gasteiger partial charge in [-0.15, -0.1) is 0 Å². The van der Waals surface area contributed by atoms with Crippen LogP contribution >= 0.6 is 0 Å². The lowest BCUT2D eigenvalue weighted by Crippen LogP contribution is -2.16. The van der Waals surface area contributed by atoms with Gasteiger partial charge in [-0.3, -0.25) is 4.79 Å². The topological polar surface area (TPSA) is 26.3 Å². The van der Waals surface area contributed by atoms with Crippen molar-refractivity contribution in [2.45, 2.75) is 164 Å². The van der Waals surface area contributed by atoms with E-state index >= 15 is 0 Å². The van der Waals surface area contributed by atoms with E-state index in [-0.39, 0.29) is 12.1 Å². The molecular weight excluding hydrogens is 488 g/mol. The Balaban J connectivity index is 4.41. The lowest BCUT2D eigenvalue weighted by Gasteiger charge is -2.15. The SMILES string of the molecule is CCCCCC=CCC=CCCCCCCCC(=O)OC(C=C(C)CCC=C(C)C)CC=C(C)CCC=C(C)C. The summed E-state index contributed by atoms with van der Waals surface area (Å²) in [5.41, 5.74) is 5.37. The molecule has 0 heterocycles. The third kappa shape index (κ3) is 27.5. The van der Waals surface area contributed by atoms with E-state index in [9.17, 15) is 4.79 Å². The van der Waals surface area contributed by atoms with Crippen molar-refractivity contribution in [3.8, 4) is 0 Å². The van der Waals surface area contributed by atoms with Gasteiger partial charge < -0.3 is 4.74 Å². The summed E-state index contributed by atoms with van der Waals surface area (Å²) in [7, 11) is 0. The van der Waals surface area contributed by atoms with Gasteiger partial charge in [0.2, 0.25) is 0 Å². The zero-order valence-electron chi connectivity index (χ0n) is 27.5. The van der Waals surface area contributed by atoms with Gasteiger partial charge in [0.25, 0.3) is 0 Å². The molecule has 1 unspecified atom stereocenters. The third-order valence-electron chi connectivity index (χ3n) is 6.97. The molecule has 2 heteroatoms. The van der Waals surface area contributed by atoms with Crippen molar-refractivity contribution < 1.29 is 9.53 Å². The first kappa shape index (κ1) is 37.9. The first-order chi connectivity index (χ1) is 19.2. The second-order valence-electron chi connectivity index (χ2n) is 11.9. The summed E-state index contributed by atoms with van der Waals surface area (Å²) < 4.78 is 5.96. The molecule has 0 aromatic rings. The molecule has 0 aromatic carbocycles. The van der Waals surface area contributed by atoms with Gasteiger partial charge in [0.15, 0.2) is 0 Å². The molecule has 40 heavy (non-hydrogen) atoms. The largest absolute Gasteiger partial charge is 0.458 e. The number of unbranched alkanes of at least 4 members (excludes halogenated alkanes) is 8. The van der Waals surface area contributed by atoms with Crippen LogP contribution in [-0.4, -0.2) is 12.1 Å². The molecule has 0 fully saturated rings. The lowest BCUT2D eigenvalue weighted by atomic mass is 10.0. The summed E-state index contributed by atoms with van der Waals surface area (Å²) in [6.07, 6.45) is 36.6. The Kier molecular flexibility index (Phi) is 25.7. The molecule has 2 nitrogen and oxygen atoms in total. The van der Waals surface area contributed by atoms with Gasteiger partial charge >= 0.3 is 5.97 Å². The normalized spacial score (nSPS) is 13.2. The zero-order chi connectivity index (χ0) is 29.8. The highest BCUT2D eigenvalue weighted by Gasteiger charge is 2.12. The molecule has 0 aromatic heterocycles. The molecule has 228 valence electrons. The average Bonchev–Trinajstić information content (AvgIpc) is 2.89. The maximum Gasteiger partial charge on any atom is 0.306 e. The van der Waals surface area contributed by atoms with Crippen LogP contribution in [-0.2, 0) is 9.53 Å². The number of ether oxygens (including phenoxy) is 1. The Bertz CT molecular complexity index is 810. The van der Waals surface area contributed by atoms with E-state index in [4.69, 9.17) is 4.74 Å². The molecule has 0 radical (unpaired) electrons. The lowest BCUT2D eigenvalue weighted by molar-refractivity contribution is -0.146. The minimum absolute atomic E-state index is 0.0559. The van der Waals surface area contributed by atoms with Crippen molar-refractivity contribution in [1.29, 1.82) is 0 Å². The number of allylic oxidation sites excluding steroid dienone is 10. The van der Waals surface area contributed by atoms with Crippen LogP contribution in [0.4, 0.5) is 0 Å². The number of rotatable bonds is 24. The third-order valence-corrected chi connectivity index (χ3v) is 6.97. The fourth-order valence-corrected chi connectivity index (χ4v) is 4.46. The summed E-state index contributed by atoms with van der Waals surface area (Å²) in [6.45, 7) is 15.2. The van der Waals surface area contributed by atoms with Crippen molar-refractivity contribution in [2.24, 2.45) is 0 Å². The van der Waals surface area contributed by atoms with E-state index in [0.29, 0.717) is 6.42 Å². The van der Waals surface area contributed by atoms with Crippen LogP contribution in [0, 0.1) is 0 Å². The first-order valence-electron chi connectivity index (χ1n) is 16.3. The minimum atomic E-state index is -0.171. The predicted octanol–water partition coefficient (Wildman–Crippen LogP) is 12.5. The first-order valence-corrected chi connectivity index (χ1v) is 16.3. The molecular formula is C38H64O2. The quantitative estimate of drug-likeness (QED) is 0.0676. The minimum Gasteiger partial charge on any atom is -0.458 e. The Morgan fingerprint density at radius 1 is 0.600 bits per heavy atom. The summed E-state index contributed by atoms with van der Waals surface area (Å²) in [6, 6.07) is 0. The van der Waals surface area contributed by atoms with Crippen LogP contribution in [0.25, 0.3) is 0 Å². The van der Waals surface area contributed by atoms with Crippen molar-refractivity contribution in [1.82, 2.24) is 0 Å². The number of esters is 1. The Hall–Kier alpha value is -2.09. The maximum atomic E-state index is 12.7. The molecule has 0 bridgehead atoms. The molecule has 0 aliphatic carbocycles. The average molecular weight is 553 g/mol. The number of carbonyl (C=O) groups is 1. The highest BCUT2D eigenvalue weighted by molar-refractivity contribution is 5.69. The molecule has 1 atom stereocenters. The monoisotopic (exact) mass is 552 g/mol. The molecule has 0 saturated heterocycles. The summed E-state index contributed by atoms with van der Waals surface area (Å²) in [5.74, 6) is -0.0559. The molecule has 0 aliphatic rings. The Morgan fingerprint density at radius 2 is 1.15 bits per heavy atom. The van der Waals surface area contributed by atoms with Gasteiger partial charge in [0.05, 0.1) is 0 Å². The molecule has 0 N–H and O–H groups in total. The summed E-state index contributed by atoms with van der Waals surface area (Å²) in [5, 5.41) is 0. The molecule has 0 rings (SSSR count). The van der Waals surface area contributed by atoms with Gasteiger partial charge in [-0.1, -0.05) is 104 Å². The summed E-state index contributed by atoms with van der Waals surface area (Å²) in [4.78, 5) is 12.7. The van der Waals surface area contributed by atoms with E-state index in [0.717, 1.165) is 57.8 Å². The molecule has 0 amide bonds. The fourth-order valence-electron chi connectivity index (χ4n) is 4.46. The Labute approximate surface area is 249 Å². The fraction of sp³-hybridized carbons (Fsp3) is 0.658. The Morgan fingerprint density at radius 3 is 1.75 bits per heavy atom. The number of hydrogen-bond acceptors (Lipinski definition) is 2. The van der Waals surface area contributed by atoms with Gasteiger partial charge in [-0.2, -0.15) is 0 Å². The molecule has 0 saturated carbocycles. The van der Waals surface area contributed by atoms with Crippen molar-refractivity contribution in [3.63, 3.8) is 0 Å². The number of carbonyl (C=O) groups excluding carboxylic acids is 1. The van der Waals surface area contributed by atoms with E-state index < -0.39 is 0 Å². The summed E-state index contributed by atoms with van der Waals surface area (Å²) >= 11 is 0. The van der Waals surface area contributed by atoms with E-state index in [2.05, 4.69) is 97.1 Å². The molecule has 0 aliphatic heterocycles. The van der Waals surface area contributed by atoms with Crippen molar-refractivity contribution in [3.05, 3.63) is 70.9 Å². The van der Waals surface area contributed by atoms with Crippen LogP contribution in [0.1, 0.15) is 158 Å². The second-order valence-corrected chi connectivity index (χ2v) is 11.9. The zero-order valence-corrected chi connectivity index (χ0v) is 27.5. The van der Waals surface area contributed by atoms with Gasteiger partial charge in [0.1, 0.15) is 6.10 Å². The van der Waals surface area contributed by atoms with Crippen molar-refractivity contribution >= 4 is 5.97 Å². The highest BCUT2D eigenvalue weighted by Crippen LogP contribution is 2.16. The smallest absolute Gasteiger partial charge is 0.306 e. The van der Waals surface area contributed by atoms with Gasteiger partial charge in [-0.25, -0.2) is 0 Å². The predicted molar refractivity (Wildman–Crippen MR) is 179 cm³/mol. The molecule has 0 spiro atoms. The van der Waals surface area contributed by atoms with Crippen LogP contribution < -0.4 is 0 Å². The second kappa shape index (κ2) is 27.1. The van der Waals surface area contributed by atoms with Crippen LogP contribution in [0.3, 0.4) is 0 Å². The van der Waals surface area contributed by atoms with E-state index in [1.807, 2.05) is 0 Å². The van der Waals surface area contributed by atoms with Crippen LogP contribution in [0.15, 0.2) is 70.9 Å². The highest BCUT2D eigenvalue weighted by atomic mass is 16.5. The standard InChI is InChI=1S/C38H64O2/c1-8-9-10-11-12-13-14-15-16-17-18-19-20-21-22-29-38(39)40-37(32-36(7)28-24-26-34(4)5)31-30-35(6)27-23-25-33(2)3/h12-13,15-16,25-26,30,32,37H,8-11,14,17-24,27-29,31H2,1-7H3. The van der Waals surface area contributed by atoms with Crippen LogP contribution in [0.2, 0.25) is 0 Å². The van der Waals surface area contributed by atoms with E-state index in [1.54, 1.807) is 0 Å². The van der Waals surface area contributed by atoms with Crippen molar-refractivity contribution in [2.75, 3.05) is 0 Å². The van der Waals surface area contributed by atoms with E-state index in [1.165, 1.54) is 67.2 Å². The van der Waals surface area contributed by atoms with Crippen LogP contribution in [0.5, 0.6) is 0 Å². The number of hydrogen-bond donors (Lipinski definition) is 0. The van der Waals surface area contributed by atoms with Gasteiger partial charge in [-0.05, 0) is 112 Å². The maximum absolute atomic E-state index is 12.7.